The molecule has 0 atom stereocenters. The van der Waals surface area contributed by atoms with Crippen molar-refractivity contribution in [3.63, 3.8) is 0 Å². The highest BCUT2D eigenvalue weighted by atomic mass is 15.1. The largest absolute Gasteiger partial charge is 0.304 e. The molecule has 0 bridgehead atoms. The van der Waals surface area contributed by atoms with E-state index in [0.29, 0.717) is 0 Å². The Balaban J connectivity index is 2.37. The van der Waals surface area contributed by atoms with Gasteiger partial charge in [0, 0.05) is 13.1 Å². The summed E-state index contributed by atoms with van der Waals surface area (Å²) in [5, 5.41) is 8.95. The minimum Gasteiger partial charge on any atom is -0.304 e. The van der Waals surface area contributed by atoms with Gasteiger partial charge in [0.15, 0.2) is 0 Å². The van der Waals surface area contributed by atoms with Gasteiger partial charge in [-0.25, -0.2) is 0 Å². The van der Waals surface area contributed by atoms with Crippen molar-refractivity contribution in [3.8, 4) is 6.07 Å². The van der Waals surface area contributed by atoms with Gasteiger partial charge in [0.2, 0.25) is 0 Å². The van der Waals surface area contributed by atoms with Gasteiger partial charge >= 0.3 is 0 Å². The topological polar surface area (TPSA) is 27.0 Å². The summed E-state index contributed by atoms with van der Waals surface area (Å²) < 4.78 is 0. The van der Waals surface area contributed by atoms with E-state index in [1.54, 1.807) is 0 Å². The van der Waals surface area contributed by atoms with Crippen LogP contribution in [0.3, 0.4) is 0 Å². The van der Waals surface area contributed by atoms with E-state index < -0.39 is 0 Å². The van der Waals surface area contributed by atoms with E-state index in [4.69, 9.17) is 5.26 Å². The van der Waals surface area contributed by atoms with Crippen molar-refractivity contribution >= 4 is 0 Å². The SMILES string of the molecule is CN(CCc1ccccc1)CC(C)(C)C#N. The van der Waals surface area contributed by atoms with Crippen molar-refractivity contribution in [1.29, 1.82) is 5.26 Å². The fraction of sp³-hybridized carbons (Fsp3) is 0.500. The van der Waals surface area contributed by atoms with Crippen LogP contribution < -0.4 is 0 Å². The zero-order valence-corrected chi connectivity index (χ0v) is 10.4. The zero-order valence-electron chi connectivity index (χ0n) is 10.4. The number of rotatable bonds is 5. The van der Waals surface area contributed by atoms with E-state index in [2.05, 4.69) is 42.3 Å². The standard InChI is InChI=1S/C14H20N2/c1-14(2,11-15)12-16(3)10-9-13-7-5-4-6-8-13/h4-8H,9-10,12H2,1-3H3. The fourth-order valence-electron chi connectivity index (χ4n) is 1.75. The Hall–Kier alpha value is -1.33. The number of nitriles is 1. The normalized spacial score (nSPS) is 11.4. The van der Waals surface area contributed by atoms with Crippen LogP contribution in [0, 0.1) is 16.7 Å². The first-order valence-corrected chi connectivity index (χ1v) is 5.67. The Labute approximate surface area is 98.5 Å². The summed E-state index contributed by atoms with van der Waals surface area (Å²) in [6.45, 7) is 5.77. The lowest BCUT2D eigenvalue weighted by atomic mass is 9.95. The third kappa shape index (κ3) is 4.46. The highest BCUT2D eigenvalue weighted by Gasteiger charge is 2.18. The number of benzene rings is 1. The van der Waals surface area contributed by atoms with E-state index in [0.717, 1.165) is 19.5 Å². The molecular formula is C14H20N2. The van der Waals surface area contributed by atoms with Crippen LogP contribution >= 0.6 is 0 Å². The zero-order chi connectivity index (χ0) is 12.0. The number of nitrogens with zero attached hydrogens (tertiary/aromatic N) is 2. The minimum absolute atomic E-state index is 0.258. The second kappa shape index (κ2) is 5.67. The van der Waals surface area contributed by atoms with Crippen LogP contribution in [0.15, 0.2) is 30.3 Å². The van der Waals surface area contributed by atoms with E-state index in [-0.39, 0.29) is 5.41 Å². The maximum atomic E-state index is 8.95. The van der Waals surface area contributed by atoms with Crippen LogP contribution in [0.5, 0.6) is 0 Å². The van der Waals surface area contributed by atoms with Crippen molar-refractivity contribution in [1.82, 2.24) is 4.90 Å². The number of hydrogen-bond acceptors (Lipinski definition) is 2. The maximum absolute atomic E-state index is 8.95. The van der Waals surface area contributed by atoms with Crippen molar-refractivity contribution < 1.29 is 0 Å². The van der Waals surface area contributed by atoms with Gasteiger partial charge in [-0.3, -0.25) is 0 Å². The van der Waals surface area contributed by atoms with Gasteiger partial charge in [-0.1, -0.05) is 30.3 Å². The molecule has 0 heterocycles. The van der Waals surface area contributed by atoms with Crippen LogP contribution in [-0.2, 0) is 6.42 Å². The van der Waals surface area contributed by atoms with E-state index in [9.17, 15) is 0 Å². The van der Waals surface area contributed by atoms with Gasteiger partial charge in [-0.2, -0.15) is 5.26 Å². The summed E-state index contributed by atoms with van der Waals surface area (Å²) in [6.07, 6.45) is 1.04. The monoisotopic (exact) mass is 216 g/mol. The molecule has 86 valence electrons. The van der Waals surface area contributed by atoms with Crippen LogP contribution in [0.1, 0.15) is 19.4 Å². The Kier molecular flexibility index (Phi) is 4.52. The quantitative estimate of drug-likeness (QED) is 0.756. The van der Waals surface area contributed by atoms with Crippen molar-refractivity contribution in [3.05, 3.63) is 35.9 Å². The highest BCUT2D eigenvalue weighted by Crippen LogP contribution is 2.14. The molecule has 2 nitrogen and oxygen atoms in total. The average molecular weight is 216 g/mol. The molecule has 1 rings (SSSR count). The predicted molar refractivity (Wildman–Crippen MR) is 67.0 cm³/mol. The molecule has 0 aromatic heterocycles. The first-order chi connectivity index (χ1) is 7.53. The molecule has 16 heavy (non-hydrogen) atoms. The lowest BCUT2D eigenvalue weighted by Crippen LogP contribution is -2.31. The molecule has 0 saturated carbocycles. The molecule has 0 unspecified atom stereocenters. The summed E-state index contributed by atoms with van der Waals surface area (Å²) in [5.74, 6) is 0. The second-order valence-corrected chi connectivity index (χ2v) is 4.97. The number of hydrogen-bond donors (Lipinski definition) is 0. The summed E-state index contributed by atoms with van der Waals surface area (Å²) >= 11 is 0. The van der Waals surface area contributed by atoms with Crippen LogP contribution in [-0.4, -0.2) is 25.0 Å². The van der Waals surface area contributed by atoms with E-state index in [1.807, 2.05) is 19.9 Å². The molecule has 2 heteroatoms. The molecule has 0 fully saturated rings. The molecule has 0 spiro atoms. The van der Waals surface area contributed by atoms with Gasteiger partial charge in [0.25, 0.3) is 0 Å². The third-order valence-corrected chi connectivity index (χ3v) is 2.59. The number of likely N-dealkylation sites (N-methyl/N-ethyl adjacent to an activating group) is 1. The highest BCUT2D eigenvalue weighted by molar-refractivity contribution is 5.14. The van der Waals surface area contributed by atoms with Crippen LogP contribution in [0.2, 0.25) is 0 Å². The molecule has 0 N–H and O–H groups in total. The van der Waals surface area contributed by atoms with E-state index in [1.165, 1.54) is 5.56 Å². The molecule has 0 radical (unpaired) electrons. The fourth-order valence-corrected chi connectivity index (χ4v) is 1.75. The molecule has 0 aliphatic carbocycles. The Morgan fingerprint density at radius 2 is 1.88 bits per heavy atom. The lowest BCUT2D eigenvalue weighted by Gasteiger charge is -2.24. The lowest BCUT2D eigenvalue weighted by molar-refractivity contribution is 0.258. The first-order valence-electron chi connectivity index (χ1n) is 5.67. The molecule has 0 aliphatic rings. The molecule has 0 amide bonds. The van der Waals surface area contributed by atoms with Crippen molar-refractivity contribution in [2.45, 2.75) is 20.3 Å². The second-order valence-electron chi connectivity index (χ2n) is 4.97. The summed E-state index contributed by atoms with van der Waals surface area (Å²) in [4.78, 5) is 2.22. The van der Waals surface area contributed by atoms with Crippen LogP contribution in [0.25, 0.3) is 0 Å². The Bertz CT molecular complexity index is 349. The molecular weight excluding hydrogens is 196 g/mol. The Morgan fingerprint density at radius 3 is 2.44 bits per heavy atom. The average Bonchev–Trinajstić information content (AvgIpc) is 2.27. The summed E-state index contributed by atoms with van der Waals surface area (Å²) in [7, 11) is 2.07. The van der Waals surface area contributed by atoms with Gasteiger partial charge in [-0.05, 0) is 32.9 Å². The molecule has 0 saturated heterocycles. The molecule has 1 aromatic carbocycles. The minimum atomic E-state index is -0.258. The predicted octanol–water partition coefficient (Wildman–Crippen LogP) is 2.71. The maximum Gasteiger partial charge on any atom is 0.0697 e. The van der Waals surface area contributed by atoms with Crippen molar-refractivity contribution in [2.75, 3.05) is 20.1 Å². The third-order valence-electron chi connectivity index (χ3n) is 2.59. The first kappa shape index (κ1) is 12.7. The Morgan fingerprint density at radius 1 is 1.25 bits per heavy atom. The van der Waals surface area contributed by atoms with E-state index >= 15 is 0 Å². The smallest absolute Gasteiger partial charge is 0.0697 e. The molecule has 1 aromatic rings. The van der Waals surface area contributed by atoms with Crippen LogP contribution in [0.4, 0.5) is 0 Å². The van der Waals surface area contributed by atoms with Gasteiger partial charge in [0.05, 0.1) is 11.5 Å². The molecule has 0 aliphatic heterocycles. The van der Waals surface area contributed by atoms with Crippen molar-refractivity contribution in [2.24, 2.45) is 5.41 Å². The summed E-state index contributed by atoms with van der Waals surface area (Å²) in [5.41, 5.74) is 1.09. The van der Waals surface area contributed by atoms with Gasteiger partial charge < -0.3 is 4.90 Å². The van der Waals surface area contributed by atoms with Gasteiger partial charge in [0.1, 0.15) is 0 Å². The summed E-state index contributed by atoms with van der Waals surface area (Å²) in [6, 6.07) is 12.8. The van der Waals surface area contributed by atoms with Gasteiger partial charge in [-0.15, -0.1) is 0 Å².